The molecule has 0 aromatic rings. The van der Waals surface area contributed by atoms with Gasteiger partial charge in [-0.3, -0.25) is 4.79 Å². The average molecular weight is 353 g/mol. The van der Waals surface area contributed by atoms with Crippen LogP contribution in [-0.4, -0.2) is 5.78 Å². The first-order chi connectivity index (χ1) is 12.2. The molecular formula is C24H48O. The van der Waals surface area contributed by atoms with Crippen molar-refractivity contribution in [2.75, 3.05) is 0 Å². The maximum Gasteiger partial charge on any atom is 0.133 e. The van der Waals surface area contributed by atoms with E-state index in [0.717, 1.165) is 19.3 Å². The molecule has 0 saturated carbocycles. The van der Waals surface area contributed by atoms with Crippen molar-refractivity contribution in [3.05, 3.63) is 0 Å². The number of unbranched alkanes of at least 4 members (excludes halogenated alkanes) is 12. The summed E-state index contributed by atoms with van der Waals surface area (Å²) in [6.07, 6.45) is 24.2. The van der Waals surface area contributed by atoms with Crippen LogP contribution in [-0.2, 0) is 4.79 Å². The second kappa shape index (κ2) is 20.0. The van der Waals surface area contributed by atoms with Crippen molar-refractivity contribution in [2.45, 2.75) is 143 Å². The SMILES string of the molecule is CCCCCCCCC(CCCCCCCC)CC(=O)CCCCC. The summed E-state index contributed by atoms with van der Waals surface area (Å²) < 4.78 is 0. The fraction of sp³-hybridized carbons (Fsp3) is 0.958. The van der Waals surface area contributed by atoms with E-state index in [-0.39, 0.29) is 0 Å². The summed E-state index contributed by atoms with van der Waals surface area (Å²) in [5, 5.41) is 0. The Bertz CT molecular complexity index is 255. The summed E-state index contributed by atoms with van der Waals surface area (Å²) >= 11 is 0. The molecule has 0 N–H and O–H groups in total. The van der Waals surface area contributed by atoms with E-state index in [0.29, 0.717) is 11.7 Å². The Kier molecular flexibility index (Phi) is 19.7. The van der Waals surface area contributed by atoms with Gasteiger partial charge in [-0.25, -0.2) is 0 Å². The van der Waals surface area contributed by atoms with Crippen LogP contribution in [0.25, 0.3) is 0 Å². The Labute approximate surface area is 159 Å². The van der Waals surface area contributed by atoms with E-state index in [1.165, 1.54) is 103 Å². The highest BCUT2D eigenvalue weighted by Crippen LogP contribution is 2.23. The molecule has 0 fully saturated rings. The molecule has 0 atom stereocenters. The number of hydrogen-bond acceptors (Lipinski definition) is 1. The van der Waals surface area contributed by atoms with E-state index >= 15 is 0 Å². The van der Waals surface area contributed by atoms with Crippen molar-refractivity contribution in [1.29, 1.82) is 0 Å². The summed E-state index contributed by atoms with van der Waals surface area (Å²) in [7, 11) is 0. The zero-order valence-electron chi connectivity index (χ0n) is 17.9. The standard InChI is InChI=1S/C24H48O/c1-4-7-10-12-14-17-19-23(20-18-15-13-11-8-5-2)22-24(25)21-16-9-6-3/h23H,4-22H2,1-3H3. The van der Waals surface area contributed by atoms with Gasteiger partial charge in [-0.15, -0.1) is 0 Å². The molecule has 150 valence electrons. The highest BCUT2D eigenvalue weighted by molar-refractivity contribution is 5.78. The molecule has 0 radical (unpaired) electrons. The number of carbonyl (C=O) groups excluding carboxylic acids is 1. The predicted octanol–water partition coefficient (Wildman–Crippen LogP) is 8.64. The normalized spacial score (nSPS) is 11.4. The zero-order valence-corrected chi connectivity index (χ0v) is 17.9. The molecular weight excluding hydrogens is 304 g/mol. The summed E-state index contributed by atoms with van der Waals surface area (Å²) in [6.45, 7) is 6.77. The summed E-state index contributed by atoms with van der Waals surface area (Å²) in [5.41, 5.74) is 0. The van der Waals surface area contributed by atoms with Gasteiger partial charge < -0.3 is 0 Å². The molecule has 0 rings (SSSR count). The van der Waals surface area contributed by atoms with Crippen molar-refractivity contribution in [2.24, 2.45) is 5.92 Å². The van der Waals surface area contributed by atoms with E-state index in [1.807, 2.05) is 0 Å². The fourth-order valence-corrected chi connectivity index (χ4v) is 3.77. The molecule has 1 heteroatoms. The molecule has 25 heavy (non-hydrogen) atoms. The van der Waals surface area contributed by atoms with Gasteiger partial charge in [-0.2, -0.15) is 0 Å². The van der Waals surface area contributed by atoms with Crippen molar-refractivity contribution < 1.29 is 4.79 Å². The highest BCUT2D eigenvalue weighted by atomic mass is 16.1. The second-order valence-corrected chi connectivity index (χ2v) is 8.18. The summed E-state index contributed by atoms with van der Waals surface area (Å²) in [5.74, 6) is 1.21. The van der Waals surface area contributed by atoms with E-state index in [9.17, 15) is 4.79 Å². The van der Waals surface area contributed by atoms with Crippen LogP contribution in [0.2, 0.25) is 0 Å². The summed E-state index contributed by atoms with van der Waals surface area (Å²) in [4.78, 5) is 12.3. The third kappa shape index (κ3) is 18.3. The average Bonchev–Trinajstić information content (AvgIpc) is 2.60. The van der Waals surface area contributed by atoms with Crippen LogP contribution < -0.4 is 0 Å². The van der Waals surface area contributed by atoms with Gasteiger partial charge in [-0.05, 0) is 12.3 Å². The predicted molar refractivity (Wildman–Crippen MR) is 113 cm³/mol. The van der Waals surface area contributed by atoms with Gasteiger partial charge in [0.25, 0.3) is 0 Å². The van der Waals surface area contributed by atoms with Crippen LogP contribution >= 0.6 is 0 Å². The first-order valence-corrected chi connectivity index (χ1v) is 11.8. The van der Waals surface area contributed by atoms with Crippen molar-refractivity contribution in [3.63, 3.8) is 0 Å². The topological polar surface area (TPSA) is 17.1 Å². The van der Waals surface area contributed by atoms with Crippen LogP contribution in [0.3, 0.4) is 0 Å². The second-order valence-electron chi connectivity index (χ2n) is 8.18. The number of Topliss-reactive ketones (excluding diaryl/α,β-unsaturated/α-hetero) is 1. The monoisotopic (exact) mass is 352 g/mol. The van der Waals surface area contributed by atoms with Gasteiger partial charge in [-0.1, -0.05) is 124 Å². The van der Waals surface area contributed by atoms with Gasteiger partial charge in [0.05, 0.1) is 0 Å². The molecule has 0 aliphatic carbocycles. The highest BCUT2D eigenvalue weighted by Gasteiger charge is 2.13. The lowest BCUT2D eigenvalue weighted by molar-refractivity contribution is -0.120. The smallest absolute Gasteiger partial charge is 0.133 e. The molecule has 0 aromatic heterocycles. The van der Waals surface area contributed by atoms with E-state index in [1.54, 1.807) is 0 Å². The molecule has 0 aliphatic heterocycles. The van der Waals surface area contributed by atoms with Crippen LogP contribution in [0.15, 0.2) is 0 Å². The maximum absolute atomic E-state index is 12.3. The Morgan fingerprint density at radius 1 is 0.560 bits per heavy atom. The first-order valence-electron chi connectivity index (χ1n) is 11.8. The Balaban J connectivity index is 3.97. The minimum atomic E-state index is 0.537. The van der Waals surface area contributed by atoms with Gasteiger partial charge in [0, 0.05) is 12.8 Å². The fourth-order valence-electron chi connectivity index (χ4n) is 3.77. The first kappa shape index (κ1) is 24.7. The molecule has 0 saturated heterocycles. The molecule has 0 unspecified atom stereocenters. The minimum Gasteiger partial charge on any atom is -0.300 e. The number of hydrogen-bond donors (Lipinski definition) is 0. The Hall–Kier alpha value is -0.330. The third-order valence-corrected chi connectivity index (χ3v) is 5.51. The molecule has 0 amide bonds. The van der Waals surface area contributed by atoms with Gasteiger partial charge in [0.2, 0.25) is 0 Å². The number of carbonyl (C=O) groups is 1. The Morgan fingerprint density at radius 2 is 0.960 bits per heavy atom. The quantitative estimate of drug-likeness (QED) is 0.200. The molecule has 0 bridgehead atoms. The zero-order chi connectivity index (χ0) is 18.6. The Morgan fingerprint density at radius 3 is 1.44 bits per heavy atom. The molecule has 0 aromatic carbocycles. The molecule has 0 heterocycles. The number of rotatable bonds is 20. The van der Waals surface area contributed by atoms with Crippen LogP contribution in [0.1, 0.15) is 143 Å². The van der Waals surface area contributed by atoms with Gasteiger partial charge in [0.1, 0.15) is 5.78 Å². The lowest BCUT2D eigenvalue weighted by Crippen LogP contribution is -2.09. The maximum atomic E-state index is 12.3. The van der Waals surface area contributed by atoms with Crippen molar-refractivity contribution in [3.8, 4) is 0 Å². The third-order valence-electron chi connectivity index (χ3n) is 5.51. The van der Waals surface area contributed by atoms with Crippen LogP contribution in [0, 0.1) is 5.92 Å². The van der Waals surface area contributed by atoms with E-state index in [2.05, 4.69) is 20.8 Å². The molecule has 0 aliphatic rings. The van der Waals surface area contributed by atoms with Gasteiger partial charge in [0.15, 0.2) is 0 Å². The minimum absolute atomic E-state index is 0.537. The molecule has 0 spiro atoms. The van der Waals surface area contributed by atoms with Crippen molar-refractivity contribution >= 4 is 5.78 Å². The largest absolute Gasteiger partial charge is 0.300 e. The van der Waals surface area contributed by atoms with Crippen LogP contribution in [0.4, 0.5) is 0 Å². The van der Waals surface area contributed by atoms with Crippen LogP contribution in [0.5, 0.6) is 0 Å². The van der Waals surface area contributed by atoms with E-state index < -0.39 is 0 Å². The van der Waals surface area contributed by atoms with E-state index in [4.69, 9.17) is 0 Å². The lowest BCUT2D eigenvalue weighted by Gasteiger charge is -2.16. The lowest BCUT2D eigenvalue weighted by atomic mass is 9.89. The molecule has 1 nitrogen and oxygen atoms in total. The number of ketones is 1. The van der Waals surface area contributed by atoms with Crippen molar-refractivity contribution in [1.82, 2.24) is 0 Å². The summed E-state index contributed by atoms with van der Waals surface area (Å²) in [6, 6.07) is 0. The van der Waals surface area contributed by atoms with Gasteiger partial charge >= 0.3 is 0 Å².